The van der Waals surface area contributed by atoms with Crippen LogP contribution in [0.4, 0.5) is 0 Å². The highest BCUT2D eigenvalue weighted by Gasteiger charge is 2.19. The minimum Gasteiger partial charge on any atom is -0.379 e. The van der Waals surface area contributed by atoms with Crippen molar-refractivity contribution in [3.63, 3.8) is 0 Å². The molecule has 0 rings (SSSR count). The number of nitrogens with zero attached hydrogens (tertiary/aromatic N) is 6. The SMILES string of the molecule is COC(CN=[N+]=[N-])C(CN=[N+]=[N-])OC. The van der Waals surface area contributed by atoms with E-state index in [1.807, 2.05) is 0 Å². The molecule has 0 heterocycles. The van der Waals surface area contributed by atoms with Gasteiger partial charge in [0, 0.05) is 24.0 Å². The van der Waals surface area contributed by atoms with E-state index in [0.717, 1.165) is 0 Å². The predicted octanol–water partition coefficient (Wildman–Crippen LogP) is 1.64. The van der Waals surface area contributed by atoms with Crippen molar-refractivity contribution >= 4 is 0 Å². The Labute approximate surface area is 81.1 Å². The van der Waals surface area contributed by atoms with Crippen LogP contribution in [0.15, 0.2) is 10.2 Å². The lowest BCUT2D eigenvalue weighted by Crippen LogP contribution is -2.34. The monoisotopic (exact) mass is 200 g/mol. The van der Waals surface area contributed by atoms with Crippen molar-refractivity contribution in [2.75, 3.05) is 27.3 Å². The van der Waals surface area contributed by atoms with E-state index in [1.165, 1.54) is 14.2 Å². The minimum absolute atomic E-state index is 0.145. The Morgan fingerprint density at radius 2 is 1.36 bits per heavy atom. The zero-order valence-corrected chi connectivity index (χ0v) is 8.07. The van der Waals surface area contributed by atoms with Crippen LogP contribution in [0.1, 0.15) is 0 Å². The van der Waals surface area contributed by atoms with Gasteiger partial charge in [-0.1, -0.05) is 10.2 Å². The highest BCUT2D eigenvalue weighted by atomic mass is 16.5. The highest BCUT2D eigenvalue weighted by molar-refractivity contribution is 4.75. The van der Waals surface area contributed by atoms with Gasteiger partial charge >= 0.3 is 0 Å². The molecule has 8 nitrogen and oxygen atoms in total. The van der Waals surface area contributed by atoms with Gasteiger partial charge in [-0.05, 0) is 11.1 Å². The molecule has 0 amide bonds. The van der Waals surface area contributed by atoms with Crippen LogP contribution in [-0.4, -0.2) is 39.5 Å². The molecule has 0 saturated heterocycles. The molecule has 14 heavy (non-hydrogen) atoms. The van der Waals surface area contributed by atoms with Crippen molar-refractivity contribution in [1.29, 1.82) is 0 Å². The largest absolute Gasteiger partial charge is 0.379 e. The van der Waals surface area contributed by atoms with E-state index < -0.39 is 12.2 Å². The van der Waals surface area contributed by atoms with Crippen molar-refractivity contribution < 1.29 is 9.47 Å². The zero-order chi connectivity index (χ0) is 10.8. The van der Waals surface area contributed by atoms with E-state index in [1.54, 1.807) is 0 Å². The Bertz CT molecular complexity index is 219. The standard InChI is InChI=1S/C6H12N6O2/c1-13-5(3-9-11-7)6(14-2)4-10-12-8/h5-6H,3-4H2,1-2H3. The first kappa shape index (κ1) is 12.5. The first-order chi connectivity index (χ1) is 6.79. The molecule has 0 N–H and O–H groups in total. The van der Waals surface area contributed by atoms with Crippen molar-refractivity contribution in [2.45, 2.75) is 12.2 Å². The number of hydrogen-bond donors (Lipinski definition) is 0. The van der Waals surface area contributed by atoms with Crippen LogP contribution in [0, 0.1) is 0 Å². The van der Waals surface area contributed by atoms with Gasteiger partial charge in [0.05, 0.1) is 25.3 Å². The van der Waals surface area contributed by atoms with Crippen LogP contribution in [0.25, 0.3) is 20.9 Å². The maximum absolute atomic E-state index is 8.12. The number of hydrogen-bond acceptors (Lipinski definition) is 4. The van der Waals surface area contributed by atoms with Crippen molar-refractivity contribution in [1.82, 2.24) is 0 Å². The van der Waals surface area contributed by atoms with Crippen molar-refractivity contribution in [3.05, 3.63) is 20.9 Å². The van der Waals surface area contributed by atoms with Crippen LogP contribution in [0.3, 0.4) is 0 Å². The molecule has 0 aliphatic carbocycles. The van der Waals surface area contributed by atoms with Crippen LogP contribution in [0.2, 0.25) is 0 Å². The summed E-state index contributed by atoms with van der Waals surface area (Å²) in [7, 11) is 2.94. The van der Waals surface area contributed by atoms with Crippen LogP contribution in [-0.2, 0) is 9.47 Å². The Balaban J connectivity index is 4.26. The van der Waals surface area contributed by atoms with Gasteiger partial charge in [0.2, 0.25) is 0 Å². The molecule has 0 fully saturated rings. The molecule has 8 heteroatoms. The third-order valence-electron chi connectivity index (χ3n) is 1.67. The van der Waals surface area contributed by atoms with Gasteiger partial charge in [-0.25, -0.2) is 0 Å². The summed E-state index contributed by atoms with van der Waals surface area (Å²) >= 11 is 0. The maximum atomic E-state index is 8.12. The first-order valence-electron chi connectivity index (χ1n) is 3.87. The molecule has 2 atom stereocenters. The Morgan fingerprint density at radius 3 is 1.57 bits per heavy atom. The number of methoxy groups -OCH3 is 2. The minimum atomic E-state index is -0.401. The smallest absolute Gasteiger partial charge is 0.0890 e. The van der Waals surface area contributed by atoms with Crippen LogP contribution >= 0.6 is 0 Å². The molecule has 0 spiro atoms. The van der Waals surface area contributed by atoms with E-state index in [4.69, 9.17) is 20.5 Å². The fourth-order valence-electron chi connectivity index (χ4n) is 0.922. The summed E-state index contributed by atoms with van der Waals surface area (Å²) in [4.78, 5) is 5.21. The van der Waals surface area contributed by atoms with E-state index in [2.05, 4.69) is 20.1 Å². The fourth-order valence-corrected chi connectivity index (χ4v) is 0.922. The molecular formula is C6H12N6O2. The fraction of sp³-hybridized carbons (Fsp3) is 1.00. The molecule has 0 saturated carbocycles. The molecule has 0 aromatic heterocycles. The van der Waals surface area contributed by atoms with E-state index in [9.17, 15) is 0 Å². The second-order valence-electron chi connectivity index (χ2n) is 2.38. The summed E-state index contributed by atoms with van der Waals surface area (Å²) in [5.74, 6) is 0. The molecule has 0 radical (unpaired) electrons. The van der Waals surface area contributed by atoms with Crippen LogP contribution in [0.5, 0.6) is 0 Å². The third kappa shape index (κ3) is 4.54. The van der Waals surface area contributed by atoms with Gasteiger partial charge in [-0.15, -0.1) is 0 Å². The van der Waals surface area contributed by atoms with Gasteiger partial charge in [0.1, 0.15) is 0 Å². The van der Waals surface area contributed by atoms with Crippen molar-refractivity contribution in [2.24, 2.45) is 10.2 Å². The molecular weight excluding hydrogens is 188 g/mol. The van der Waals surface area contributed by atoms with E-state index in [0.29, 0.717) is 0 Å². The van der Waals surface area contributed by atoms with Gasteiger partial charge < -0.3 is 9.47 Å². The summed E-state index contributed by atoms with van der Waals surface area (Å²) in [6.45, 7) is 0.291. The molecule has 0 aromatic rings. The maximum Gasteiger partial charge on any atom is 0.0890 e. The Kier molecular flexibility index (Phi) is 7.30. The predicted molar refractivity (Wildman–Crippen MR) is 49.6 cm³/mol. The molecule has 78 valence electrons. The number of azide groups is 2. The van der Waals surface area contributed by atoms with E-state index in [-0.39, 0.29) is 13.1 Å². The normalized spacial score (nSPS) is 13.6. The quantitative estimate of drug-likeness (QED) is 0.353. The lowest BCUT2D eigenvalue weighted by Gasteiger charge is -2.21. The Hall–Kier alpha value is -1.46. The molecule has 0 aliphatic heterocycles. The van der Waals surface area contributed by atoms with Crippen LogP contribution < -0.4 is 0 Å². The molecule has 0 aliphatic rings. The highest BCUT2D eigenvalue weighted by Crippen LogP contribution is 2.04. The zero-order valence-electron chi connectivity index (χ0n) is 8.07. The second-order valence-corrected chi connectivity index (χ2v) is 2.38. The summed E-state index contributed by atoms with van der Waals surface area (Å²) in [6, 6.07) is 0. The second kappa shape index (κ2) is 8.15. The summed E-state index contributed by atoms with van der Waals surface area (Å²) in [5, 5.41) is 6.72. The van der Waals surface area contributed by atoms with Gasteiger partial charge in [-0.2, -0.15) is 0 Å². The average molecular weight is 200 g/mol. The topological polar surface area (TPSA) is 116 Å². The molecule has 2 unspecified atom stereocenters. The summed E-state index contributed by atoms with van der Waals surface area (Å²) in [5.41, 5.74) is 16.2. The van der Waals surface area contributed by atoms with Gasteiger partial charge in [-0.3, -0.25) is 0 Å². The summed E-state index contributed by atoms with van der Waals surface area (Å²) < 4.78 is 10.1. The van der Waals surface area contributed by atoms with Gasteiger partial charge in [0.25, 0.3) is 0 Å². The lowest BCUT2D eigenvalue weighted by molar-refractivity contribution is -0.0254. The summed E-state index contributed by atoms with van der Waals surface area (Å²) in [6.07, 6.45) is -0.803. The lowest BCUT2D eigenvalue weighted by atomic mass is 10.2. The van der Waals surface area contributed by atoms with E-state index >= 15 is 0 Å². The molecule has 0 bridgehead atoms. The molecule has 0 aromatic carbocycles. The number of ether oxygens (including phenoxy) is 2. The number of rotatable bonds is 7. The van der Waals surface area contributed by atoms with Gasteiger partial charge in [0.15, 0.2) is 0 Å². The average Bonchev–Trinajstić information content (AvgIpc) is 2.23. The van der Waals surface area contributed by atoms with Crippen molar-refractivity contribution in [3.8, 4) is 0 Å². The Morgan fingerprint density at radius 1 is 1.00 bits per heavy atom. The first-order valence-corrected chi connectivity index (χ1v) is 3.87. The third-order valence-corrected chi connectivity index (χ3v) is 1.67.